The van der Waals surface area contributed by atoms with Gasteiger partial charge in [0, 0.05) is 17.3 Å². The van der Waals surface area contributed by atoms with Gasteiger partial charge in [-0.05, 0) is 74.9 Å². The highest BCUT2D eigenvalue weighted by Gasteiger charge is 2.12. The highest BCUT2D eigenvalue weighted by Crippen LogP contribution is 2.23. The summed E-state index contributed by atoms with van der Waals surface area (Å²) < 4.78 is 5.75. The van der Waals surface area contributed by atoms with Crippen LogP contribution in [0, 0.1) is 5.92 Å². The molecule has 1 amide bonds. The summed E-state index contributed by atoms with van der Waals surface area (Å²) in [7, 11) is 0. The van der Waals surface area contributed by atoms with Crippen molar-refractivity contribution in [3.63, 3.8) is 0 Å². The first kappa shape index (κ1) is 26.1. The van der Waals surface area contributed by atoms with Crippen molar-refractivity contribution in [3.8, 4) is 5.75 Å². The summed E-state index contributed by atoms with van der Waals surface area (Å²) in [5.74, 6) is 0.485. The zero-order chi connectivity index (χ0) is 25.0. The molecular weight excluding hydrogens is 444 g/mol. The molecule has 8 heteroatoms. The molecule has 0 bridgehead atoms. The van der Waals surface area contributed by atoms with Crippen LogP contribution < -0.4 is 21.5 Å². The molecule has 2 aromatic carbocycles. The number of carbonyl (C=O) groups is 2. The Morgan fingerprint density at radius 1 is 1.03 bits per heavy atom. The Balaban J connectivity index is 0.000000223. The Hall–Kier alpha value is -3.52. The molecule has 8 nitrogen and oxygen atoms in total. The number of nitrogen functional groups attached to an aromatic ring is 1. The molecule has 4 rings (SSSR count). The summed E-state index contributed by atoms with van der Waals surface area (Å²) in [5, 5.41) is 12.9. The van der Waals surface area contributed by atoms with E-state index in [1.807, 2.05) is 48.5 Å². The SMILES string of the molecule is NC(=O)c1[nH]c2ccccc2c1N.O=C(O)CCc1ccc(OCCCCC2CCNCC2)cc1. The van der Waals surface area contributed by atoms with Gasteiger partial charge >= 0.3 is 5.97 Å². The summed E-state index contributed by atoms with van der Waals surface area (Å²) in [6.45, 7) is 3.12. The van der Waals surface area contributed by atoms with Gasteiger partial charge in [0.25, 0.3) is 5.91 Å². The minimum absolute atomic E-state index is 0.177. The molecule has 0 spiro atoms. The molecule has 1 aromatic heterocycles. The number of rotatable bonds is 10. The number of hydrogen-bond donors (Lipinski definition) is 5. The topological polar surface area (TPSA) is 143 Å². The van der Waals surface area contributed by atoms with E-state index in [9.17, 15) is 9.59 Å². The van der Waals surface area contributed by atoms with Gasteiger partial charge in [-0.15, -0.1) is 0 Å². The Morgan fingerprint density at radius 2 is 1.74 bits per heavy atom. The summed E-state index contributed by atoms with van der Waals surface area (Å²) in [6, 6.07) is 15.2. The van der Waals surface area contributed by atoms with Gasteiger partial charge in [0.1, 0.15) is 11.4 Å². The number of amides is 1. The zero-order valence-electron chi connectivity index (χ0n) is 20.1. The molecule has 0 aliphatic carbocycles. The normalized spacial score (nSPS) is 13.7. The Kier molecular flexibility index (Phi) is 9.98. The number of hydrogen-bond acceptors (Lipinski definition) is 5. The fourth-order valence-electron chi connectivity index (χ4n) is 4.26. The van der Waals surface area contributed by atoms with Gasteiger partial charge in [0.2, 0.25) is 0 Å². The number of aliphatic carboxylic acids is 1. The number of aryl methyl sites for hydroxylation is 1. The summed E-state index contributed by atoms with van der Waals surface area (Å²) in [4.78, 5) is 24.3. The molecule has 1 aliphatic heterocycles. The standard InChI is InChI=1S/C18H27NO3.C9H9N3O/c20-18(21)9-6-16-4-7-17(8-5-16)22-14-2-1-3-15-10-12-19-13-11-15;10-7-5-3-1-2-4-6(5)12-8(7)9(11)13/h4-5,7-8,15,19H,1-3,6,9-14H2,(H,20,21);1-4,12H,10H2,(H2,11,13). The molecule has 188 valence electrons. The lowest BCUT2D eigenvalue weighted by molar-refractivity contribution is -0.136. The van der Waals surface area contributed by atoms with Crippen molar-refractivity contribution >= 4 is 28.5 Å². The minimum atomic E-state index is -0.755. The van der Waals surface area contributed by atoms with Crippen LogP contribution in [-0.2, 0) is 11.2 Å². The van der Waals surface area contributed by atoms with Crippen LogP contribution in [0.25, 0.3) is 10.9 Å². The second-order valence-electron chi connectivity index (χ2n) is 8.90. The fourth-order valence-corrected chi connectivity index (χ4v) is 4.26. The van der Waals surface area contributed by atoms with Crippen LogP contribution in [0.2, 0.25) is 0 Å². The van der Waals surface area contributed by atoms with E-state index in [2.05, 4.69) is 10.3 Å². The smallest absolute Gasteiger partial charge is 0.303 e. The van der Waals surface area contributed by atoms with E-state index in [0.29, 0.717) is 12.1 Å². The number of nitrogens with two attached hydrogens (primary N) is 2. The number of fused-ring (bicyclic) bond motifs is 1. The number of aromatic nitrogens is 1. The maximum atomic E-state index is 10.9. The van der Waals surface area contributed by atoms with Crippen LogP contribution >= 0.6 is 0 Å². The van der Waals surface area contributed by atoms with E-state index in [-0.39, 0.29) is 12.1 Å². The Bertz CT molecular complexity index is 1090. The molecule has 0 atom stereocenters. The van der Waals surface area contributed by atoms with Gasteiger partial charge in [0.15, 0.2) is 0 Å². The van der Waals surface area contributed by atoms with Crippen molar-refractivity contribution in [2.45, 2.75) is 44.9 Å². The van der Waals surface area contributed by atoms with Gasteiger partial charge < -0.3 is 31.6 Å². The van der Waals surface area contributed by atoms with Crippen LogP contribution in [-0.4, -0.2) is 41.7 Å². The molecule has 1 fully saturated rings. The number of primary amides is 1. The highest BCUT2D eigenvalue weighted by molar-refractivity contribution is 6.06. The van der Waals surface area contributed by atoms with Crippen molar-refractivity contribution in [2.24, 2.45) is 11.7 Å². The quantitative estimate of drug-likeness (QED) is 0.276. The van der Waals surface area contributed by atoms with Crippen LogP contribution in [0.5, 0.6) is 5.75 Å². The lowest BCUT2D eigenvalue weighted by Gasteiger charge is -2.22. The third-order valence-corrected chi connectivity index (χ3v) is 6.28. The van der Waals surface area contributed by atoms with E-state index < -0.39 is 11.9 Å². The minimum Gasteiger partial charge on any atom is -0.494 e. The number of unbranched alkanes of at least 4 members (excludes halogenated alkanes) is 1. The van der Waals surface area contributed by atoms with Crippen LogP contribution in [0.15, 0.2) is 48.5 Å². The second kappa shape index (κ2) is 13.4. The molecule has 35 heavy (non-hydrogen) atoms. The van der Waals surface area contributed by atoms with Gasteiger partial charge in [-0.25, -0.2) is 0 Å². The van der Waals surface area contributed by atoms with Crippen molar-refractivity contribution in [1.82, 2.24) is 10.3 Å². The van der Waals surface area contributed by atoms with Crippen molar-refractivity contribution in [2.75, 3.05) is 25.4 Å². The van der Waals surface area contributed by atoms with E-state index in [4.69, 9.17) is 21.3 Å². The number of nitrogens with one attached hydrogen (secondary N) is 2. The average Bonchev–Trinajstić information content (AvgIpc) is 3.21. The lowest BCUT2D eigenvalue weighted by Crippen LogP contribution is -2.27. The van der Waals surface area contributed by atoms with E-state index in [1.165, 1.54) is 38.8 Å². The van der Waals surface area contributed by atoms with E-state index in [0.717, 1.165) is 41.2 Å². The molecule has 0 unspecified atom stereocenters. The first-order valence-electron chi connectivity index (χ1n) is 12.2. The second-order valence-corrected chi connectivity index (χ2v) is 8.90. The summed E-state index contributed by atoms with van der Waals surface area (Å²) in [5.41, 5.74) is 13.4. The van der Waals surface area contributed by atoms with E-state index in [1.54, 1.807) is 0 Å². The molecular formula is C27H36N4O4. The maximum absolute atomic E-state index is 10.9. The monoisotopic (exact) mass is 480 g/mol. The van der Waals surface area contributed by atoms with Gasteiger partial charge in [0.05, 0.1) is 12.3 Å². The highest BCUT2D eigenvalue weighted by atomic mass is 16.5. The zero-order valence-corrected chi connectivity index (χ0v) is 20.1. The first-order chi connectivity index (χ1) is 16.9. The summed E-state index contributed by atoms with van der Waals surface area (Å²) in [6.07, 6.45) is 7.05. The maximum Gasteiger partial charge on any atom is 0.303 e. The fraction of sp³-hybridized carbons (Fsp3) is 0.407. The predicted molar refractivity (Wildman–Crippen MR) is 139 cm³/mol. The number of carboxylic acids is 1. The number of carbonyl (C=O) groups excluding carboxylic acids is 1. The number of carboxylic acid groups (broad SMARTS) is 1. The van der Waals surface area contributed by atoms with Crippen LogP contribution in [0.1, 0.15) is 54.6 Å². The lowest BCUT2D eigenvalue weighted by atomic mass is 9.93. The third kappa shape index (κ3) is 8.33. The van der Waals surface area contributed by atoms with E-state index >= 15 is 0 Å². The molecule has 3 aromatic rings. The van der Waals surface area contributed by atoms with Crippen LogP contribution in [0.4, 0.5) is 5.69 Å². The average molecular weight is 481 g/mol. The number of para-hydroxylation sites is 1. The number of anilines is 1. The number of piperidine rings is 1. The molecule has 1 saturated heterocycles. The first-order valence-corrected chi connectivity index (χ1v) is 12.2. The molecule has 2 heterocycles. The largest absolute Gasteiger partial charge is 0.494 e. The molecule has 0 saturated carbocycles. The number of aromatic amines is 1. The van der Waals surface area contributed by atoms with Crippen molar-refractivity contribution < 1.29 is 19.4 Å². The van der Waals surface area contributed by atoms with Gasteiger partial charge in [-0.2, -0.15) is 0 Å². The van der Waals surface area contributed by atoms with Gasteiger partial charge in [-0.3, -0.25) is 9.59 Å². The van der Waals surface area contributed by atoms with Crippen LogP contribution in [0.3, 0.4) is 0 Å². The van der Waals surface area contributed by atoms with Gasteiger partial charge in [-0.1, -0.05) is 36.8 Å². The molecule has 7 N–H and O–H groups in total. The molecule has 1 aliphatic rings. The molecule has 0 radical (unpaired) electrons. The summed E-state index contributed by atoms with van der Waals surface area (Å²) >= 11 is 0. The third-order valence-electron chi connectivity index (χ3n) is 6.28. The predicted octanol–water partition coefficient (Wildman–Crippen LogP) is 4.10. The van der Waals surface area contributed by atoms with Crippen molar-refractivity contribution in [3.05, 3.63) is 59.8 Å². The van der Waals surface area contributed by atoms with Crippen molar-refractivity contribution in [1.29, 1.82) is 0 Å². The Labute approximate surface area is 206 Å². The number of benzene rings is 2. The number of ether oxygens (including phenoxy) is 1. The Morgan fingerprint density at radius 3 is 2.40 bits per heavy atom. The number of H-pyrrole nitrogens is 1.